The van der Waals surface area contributed by atoms with Crippen molar-refractivity contribution < 1.29 is 4.79 Å². The van der Waals surface area contributed by atoms with Crippen molar-refractivity contribution in [2.75, 3.05) is 26.2 Å². The molecule has 1 atom stereocenters. The number of aromatic nitrogens is 1. The summed E-state index contributed by atoms with van der Waals surface area (Å²) in [5.41, 5.74) is 4.04. The Morgan fingerprint density at radius 1 is 1.11 bits per heavy atom. The zero-order valence-corrected chi connectivity index (χ0v) is 18.0. The monoisotopic (exact) mass is 383 g/mol. The zero-order chi connectivity index (χ0) is 19.9. The van der Waals surface area contributed by atoms with Crippen molar-refractivity contribution in [2.45, 2.75) is 71.8 Å². The minimum atomic E-state index is 0.330. The summed E-state index contributed by atoms with van der Waals surface area (Å²) < 4.78 is 0. The van der Waals surface area contributed by atoms with Gasteiger partial charge in [0.05, 0.1) is 0 Å². The zero-order valence-electron chi connectivity index (χ0n) is 18.0. The number of aromatic amines is 1. The number of fused-ring (bicyclic) bond motifs is 3. The van der Waals surface area contributed by atoms with Gasteiger partial charge in [-0.25, -0.2) is 0 Å². The highest BCUT2D eigenvalue weighted by Gasteiger charge is 2.29. The fraction of sp³-hybridized carbons (Fsp3) is 0.625. The van der Waals surface area contributed by atoms with Gasteiger partial charge in [-0.3, -0.25) is 4.79 Å². The molecule has 0 saturated carbocycles. The smallest absolute Gasteiger partial charge is 0.222 e. The Morgan fingerprint density at radius 2 is 1.89 bits per heavy atom. The maximum Gasteiger partial charge on any atom is 0.222 e. The number of likely N-dealkylation sites (N-methyl/N-ethyl adjacent to an activating group) is 1. The van der Waals surface area contributed by atoms with E-state index in [2.05, 4.69) is 59.8 Å². The van der Waals surface area contributed by atoms with E-state index in [1.807, 2.05) is 0 Å². The quantitative estimate of drug-likeness (QED) is 0.600. The van der Waals surface area contributed by atoms with E-state index < -0.39 is 0 Å². The van der Waals surface area contributed by atoms with Gasteiger partial charge in [0.25, 0.3) is 0 Å². The van der Waals surface area contributed by atoms with Crippen LogP contribution in [-0.4, -0.2) is 52.9 Å². The van der Waals surface area contributed by atoms with Crippen LogP contribution in [0.3, 0.4) is 0 Å². The average Bonchev–Trinajstić information content (AvgIpc) is 3.09. The summed E-state index contributed by atoms with van der Waals surface area (Å²) in [7, 11) is 0. The van der Waals surface area contributed by atoms with E-state index in [0.717, 1.165) is 64.7 Å². The number of hydrogen-bond donors (Lipinski definition) is 1. The first-order valence-corrected chi connectivity index (χ1v) is 11.3. The predicted octanol–water partition coefficient (Wildman–Crippen LogP) is 4.78. The Bertz CT molecular complexity index is 762. The number of rotatable bonds is 10. The van der Waals surface area contributed by atoms with Gasteiger partial charge in [-0.2, -0.15) is 0 Å². The average molecular weight is 384 g/mol. The van der Waals surface area contributed by atoms with E-state index in [-0.39, 0.29) is 0 Å². The third-order valence-electron chi connectivity index (χ3n) is 6.38. The number of para-hydroxylation sites is 1. The molecular formula is C24H37N3O. The Morgan fingerprint density at radius 3 is 2.64 bits per heavy atom. The van der Waals surface area contributed by atoms with Gasteiger partial charge in [-0.15, -0.1) is 0 Å². The Labute approximate surface area is 170 Å². The summed E-state index contributed by atoms with van der Waals surface area (Å²) in [6.45, 7) is 10.5. The SMILES string of the molecule is CCCCCC(=O)N(CCN(CC)CC)C1CCc2[nH]c3ccccc3c2C1. The van der Waals surface area contributed by atoms with Crippen LogP contribution in [0.4, 0.5) is 0 Å². The molecule has 1 aliphatic carbocycles. The third kappa shape index (κ3) is 4.78. The molecule has 0 bridgehead atoms. The molecule has 1 amide bonds. The lowest BCUT2D eigenvalue weighted by atomic mass is 9.90. The Balaban J connectivity index is 1.76. The van der Waals surface area contributed by atoms with Gasteiger partial charge in [-0.1, -0.05) is 51.8 Å². The molecule has 4 nitrogen and oxygen atoms in total. The summed E-state index contributed by atoms with van der Waals surface area (Å²) in [6.07, 6.45) is 7.11. The van der Waals surface area contributed by atoms with Gasteiger partial charge in [0, 0.05) is 42.1 Å². The summed E-state index contributed by atoms with van der Waals surface area (Å²) in [6, 6.07) is 8.92. The Hall–Kier alpha value is -1.81. The van der Waals surface area contributed by atoms with E-state index in [1.165, 1.54) is 22.2 Å². The minimum absolute atomic E-state index is 0.330. The minimum Gasteiger partial charge on any atom is -0.358 e. The molecule has 2 aromatic rings. The van der Waals surface area contributed by atoms with Crippen molar-refractivity contribution in [3.63, 3.8) is 0 Å². The van der Waals surface area contributed by atoms with Crippen LogP contribution in [-0.2, 0) is 17.6 Å². The number of carbonyl (C=O) groups is 1. The van der Waals surface area contributed by atoms with Crippen LogP contribution in [0.5, 0.6) is 0 Å². The fourth-order valence-electron chi connectivity index (χ4n) is 4.59. The van der Waals surface area contributed by atoms with E-state index in [4.69, 9.17) is 0 Å². The summed E-state index contributed by atoms with van der Waals surface area (Å²) in [5, 5.41) is 1.34. The molecule has 1 N–H and O–H groups in total. The molecule has 28 heavy (non-hydrogen) atoms. The number of nitrogens with zero attached hydrogens (tertiary/aromatic N) is 2. The highest BCUT2D eigenvalue weighted by atomic mass is 16.2. The van der Waals surface area contributed by atoms with Gasteiger partial charge in [0.2, 0.25) is 5.91 Å². The van der Waals surface area contributed by atoms with E-state index in [1.54, 1.807) is 0 Å². The predicted molar refractivity (Wildman–Crippen MR) is 118 cm³/mol. The summed E-state index contributed by atoms with van der Waals surface area (Å²) in [4.78, 5) is 21.4. The van der Waals surface area contributed by atoms with Crippen LogP contribution in [0.15, 0.2) is 24.3 Å². The first-order chi connectivity index (χ1) is 13.7. The van der Waals surface area contributed by atoms with E-state index in [9.17, 15) is 4.79 Å². The maximum atomic E-state index is 13.1. The van der Waals surface area contributed by atoms with Crippen LogP contribution in [0.25, 0.3) is 10.9 Å². The molecule has 0 fully saturated rings. The highest BCUT2D eigenvalue weighted by Crippen LogP contribution is 2.31. The van der Waals surface area contributed by atoms with Crippen molar-refractivity contribution in [3.8, 4) is 0 Å². The summed E-state index contributed by atoms with van der Waals surface area (Å²) >= 11 is 0. The number of unbranched alkanes of at least 4 members (excludes halogenated alkanes) is 2. The second kappa shape index (κ2) is 10.1. The molecule has 1 aliphatic rings. The van der Waals surface area contributed by atoms with Crippen LogP contribution in [0.2, 0.25) is 0 Å². The molecule has 1 aromatic carbocycles. The number of aryl methyl sites for hydroxylation is 1. The standard InChI is InChI=1S/C24H37N3O/c1-4-7-8-13-24(28)27(17-16-26(5-2)6-3)19-14-15-23-21(18-19)20-11-9-10-12-22(20)25-23/h9-12,19,25H,4-8,13-18H2,1-3H3. The van der Waals surface area contributed by atoms with Crippen molar-refractivity contribution in [1.82, 2.24) is 14.8 Å². The number of H-pyrrole nitrogens is 1. The van der Waals surface area contributed by atoms with Crippen molar-refractivity contribution in [3.05, 3.63) is 35.5 Å². The summed E-state index contributed by atoms with van der Waals surface area (Å²) in [5.74, 6) is 0.355. The molecule has 0 radical (unpaired) electrons. The van der Waals surface area contributed by atoms with Crippen LogP contribution >= 0.6 is 0 Å². The van der Waals surface area contributed by atoms with E-state index >= 15 is 0 Å². The van der Waals surface area contributed by atoms with Gasteiger partial charge in [-0.05, 0) is 50.4 Å². The van der Waals surface area contributed by atoms with Gasteiger partial charge in [0.1, 0.15) is 0 Å². The van der Waals surface area contributed by atoms with Crippen molar-refractivity contribution in [1.29, 1.82) is 0 Å². The van der Waals surface area contributed by atoms with E-state index in [0.29, 0.717) is 18.4 Å². The lowest BCUT2D eigenvalue weighted by Crippen LogP contribution is -2.47. The first kappa shape index (κ1) is 20.9. The number of hydrogen-bond acceptors (Lipinski definition) is 2. The normalized spacial score (nSPS) is 16.5. The van der Waals surface area contributed by atoms with Gasteiger partial charge in [0.15, 0.2) is 0 Å². The molecule has 1 aromatic heterocycles. The molecule has 0 aliphatic heterocycles. The maximum absolute atomic E-state index is 13.1. The topological polar surface area (TPSA) is 39.3 Å². The molecule has 0 spiro atoms. The lowest BCUT2D eigenvalue weighted by molar-refractivity contribution is -0.134. The number of benzene rings is 1. The molecule has 3 rings (SSSR count). The largest absolute Gasteiger partial charge is 0.358 e. The molecule has 4 heteroatoms. The number of carbonyl (C=O) groups excluding carboxylic acids is 1. The van der Waals surface area contributed by atoms with Crippen LogP contribution in [0, 0.1) is 0 Å². The molecule has 1 unspecified atom stereocenters. The van der Waals surface area contributed by atoms with Crippen molar-refractivity contribution in [2.24, 2.45) is 0 Å². The third-order valence-corrected chi connectivity index (χ3v) is 6.38. The highest BCUT2D eigenvalue weighted by molar-refractivity contribution is 5.85. The number of nitrogens with one attached hydrogen (secondary N) is 1. The van der Waals surface area contributed by atoms with Gasteiger partial charge < -0.3 is 14.8 Å². The Kier molecular flexibility index (Phi) is 7.55. The lowest BCUT2D eigenvalue weighted by Gasteiger charge is -2.36. The molecule has 154 valence electrons. The second-order valence-corrected chi connectivity index (χ2v) is 8.10. The molecule has 1 heterocycles. The molecule has 0 saturated heterocycles. The van der Waals surface area contributed by atoms with Crippen LogP contribution < -0.4 is 0 Å². The van der Waals surface area contributed by atoms with Gasteiger partial charge >= 0.3 is 0 Å². The second-order valence-electron chi connectivity index (χ2n) is 8.10. The first-order valence-electron chi connectivity index (χ1n) is 11.3. The fourth-order valence-corrected chi connectivity index (χ4v) is 4.59. The molecular weight excluding hydrogens is 346 g/mol. The van der Waals surface area contributed by atoms with Crippen LogP contribution in [0.1, 0.15) is 64.1 Å². The number of amides is 1. The van der Waals surface area contributed by atoms with Crippen molar-refractivity contribution >= 4 is 16.8 Å².